The molecule has 4 heteroatoms. The minimum absolute atomic E-state index is 0.942. The van der Waals surface area contributed by atoms with E-state index in [4.69, 9.17) is 0 Å². The summed E-state index contributed by atoms with van der Waals surface area (Å²) in [4.78, 5) is 4.89. The first-order valence-corrected chi connectivity index (χ1v) is 7.42. The first-order valence-electron chi connectivity index (χ1n) is 6.63. The van der Waals surface area contributed by atoms with Gasteiger partial charge in [0.2, 0.25) is 0 Å². The summed E-state index contributed by atoms with van der Waals surface area (Å²) in [6.45, 7) is 8.64. The molecule has 0 unspecified atom stereocenters. The number of halogens is 1. The zero-order valence-corrected chi connectivity index (χ0v) is 12.8. The largest absolute Gasteiger partial charge is 0.369 e. The molecule has 1 heterocycles. The van der Waals surface area contributed by atoms with E-state index in [2.05, 4.69) is 63.2 Å². The van der Waals surface area contributed by atoms with Crippen molar-refractivity contribution in [2.75, 3.05) is 44.7 Å². The van der Waals surface area contributed by atoms with Crippen LogP contribution in [0, 0.1) is 0 Å². The standard InChI is InChI=1S/C14H22BrN3/c1-3-16-11-12-10-13(15)4-5-14(12)18-8-6-17(2)7-9-18/h4-5,10,16H,3,6-9,11H2,1-2H3. The van der Waals surface area contributed by atoms with Crippen molar-refractivity contribution in [1.29, 1.82) is 0 Å². The molecular formula is C14H22BrN3. The van der Waals surface area contributed by atoms with Crippen LogP contribution >= 0.6 is 15.9 Å². The zero-order chi connectivity index (χ0) is 13.0. The van der Waals surface area contributed by atoms with Crippen LogP contribution in [0.4, 0.5) is 5.69 Å². The third-order valence-corrected chi connectivity index (χ3v) is 3.94. The topological polar surface area (TPSA) is 18.5 Å². The number of rotatable bonds is 4. The van der Waals surface area contributed by atoms with Crippen LogP contribution < -0.4 is 10.2 Å². The second-order valence-corrected chi connectivity index (χ2v) is 5.76. The summed E-state index contributed by atoms with van der Waals surface area (Å²) in [5.74, 6) is 0. The van der Waals surface area contributed by atoms with Crippen molar-refractivity contribution >= 4 is 21.6 Å². The Morgan fingerprint density at radius 3 is 2.61 bits per heavy atom. The Hall–Kier alpha value is -0.580. The monoisotopic (exact) mass is 311 g/mol. The lowest BCUT2D eigenvalue weighted by Crippen LogP contribution is -2.44. The summed E-state index contributed by atoms with van der Waals surface area (Å²) in [6.07, 6.45) is 0. The van der Waals surface area contributed by atoms with Crippen LogP contribution in [0.3, 0.4) is 0 Å². The fraction of sp³-hybridized carbons (Fsp3) is 0.571. The van der Waals surface area contributed by atoms with E-state index in [0.29, 0.717) is 0 Å². The van der Waals surface area contributed by atoms with Gasteiger partial charge in [0.15, 0.2) is 0 Å². The first-order chi connectivity index (χ1) is 8.70. The lowest BCUT2D eigenvalue weighted by atomic mass is 10.1. The SMILES string of the molecule is CCNCc1cc(Br)ccc1N1CCN(C)CC1. The van der Waals surface area contributed by atoms with E-state index < -0.39 is 0 Å². The third-order valence-electron chi connectivity index (χ3n) is 3.45. The molecule has 1 aliphatic rings. The highest BCUT2D eigenvalue weighted by atomic mass is 79.9. The molecule has 0 aromatic heterocycles. The van der Waals surface area contributed by atoms with E-state index in [-0.39, 0.29) is 0 Å². The number of likely N-dealkylation sites (N-methyl/N-ethyl adjacent to an activating group) is 1. The maximum atomic E-state index is 3.57. The number of nitrogens with one attached hydrogen (secondary N) is 1. The smallest absolute Gasteiger partial charge is 0.0413 e. The molecule has 1 aromatic rings. The van der Waals surface area contributed by atoms with Gasteiger partial charge in [0, 0.05) is 42.9 Å². The van der Waals surface area contributed by atoms with Crippen LogP contribution in [0.25, 0.3) is 0 Å². The van der Waals surface area contributed by atoms with Gasteiger partial charge in [-0.2, -0.15) is 0 Å². The van der Waals surface area contributed by atoms with Gasteiger partial charge in [0.25, 0.3) is 0 Å². The van der Waals surface area contributed by atoms with E-state index in [1.54, 1.807) is 0 Å². The molecule has 0 spiro atoms. The molecule has 1 aliphatic heterocycles. The van der Waals surface area contributed by atoms with Crippen molar-refractivity contribution in [3.63, 3.8) is 0 Å². The van der Waals surface area contributed by atoms with Crippen LogP contribution in [0.1, 0.15) is 12.5 Å². The van der Waals surface area contributed by atoms with Gasteiger partial charge in [-0.15, -0.1) is 0 Å². The zero-order valence-electron chi connectivity index (χ0n) is 11.2. The highest BCUT2D eigenvalue weighted by Gasteiger charge is 2.16. The van der Waals surface area contributed by atoms with Crippen LogP contribution in [-0.2, 0) is 6.54 Å². The molecule has 1 N–H and O–H groups in total. The molecule has 0 atom stereocenters. The second-order valence-electron chi connectivity index (χ2n) is 4.84. The fourth-order valence-electron chi connectivity index (χ4n) is 2.31. The van der Waals surface area contributed by atoms with Crippen LogP contribution in [0.2, 0.25) is 0 Å². The summed E-state index contributed by atoms with van der Waals surface area (Å²) in [6, 6.07) is 6.61. The third kappa shape index (κ3) is 3.46. The Balaban J connectivity index is 2.15. The molecule has 0 amide bonds. The van der Waals surface area contributed by atoms with Gasteiger partial charge in [-0.3, -0.25) is 0 Å². The highest BCUT2D eigenvalue weighted by molar-refractivity contribution is 9.10. The van der Waals surface area contributed by atoms with Crippen LogP contribution in [0.15, 0.2) is 22.7 Å². The quantitative estimate of drug-likeness (QED) is 0.920. The molecule has 1 fully saturated rings. The Morgan fingerprint density at radius 1 is 1.22 bits per heavy atom. The summed E-state index contributed by atoms with van der Waals surface area (Å²) < 4.78 is 1.16. The molecular weight excluding hydrogens is 290 g/mol. The number of benzene rings is 1. The Labute approximate surface area is 118 Å². The number of anilines is 1. The normalized spacial score (nSPS) is 17.2. The highest BCUT2D eigenvalue weighted by Crippen LogP contribution is 2.25. The first kappa shape index (κ1) is 13.8. The minimum Gasteiger partial charge on any atom is -0.369 e. The summed E-state index contributed by atoms with van der Waals surface area (Å²) >= 11 is 3.57. The molecule has 0 aliphatic carbocycles. The van der Waals surface area contributed by atoms with Gasteiger partial charge in [-0.05, 0) is 37.4 Å². The predicted octanol–water partition coefficient (Wildman–Crippen LogP) is 2.31. The Bertz CT molecular complexity index is 387. The van der Waals surface area contributed by atoms with E-state index >= 15 is 0 Å². The van der Waals surface area contributed by atoms with Gasteiger partial charge < -0.3 is 15.1 Å². The van der Waals surface area contributed by atoms with Gasteiger partial charge in [0.1, 0.15) is 0 Å². The summed E-state index contributed by atoms with van der Waals surface area (Å²) in [5.41, 5.74) is 2.77. The number of hydrogen-bond acceptors (Lipinski definition) is 3. The summed E-state index contributed by atoms with van der Waals surface area (Å²) in [5, 5.41) is 3.42. The van der Waals surface area contributed by atoms with Gasteiger partial charge >= 0.3 is 0 Å². The molecule has 100 valence electrons. The van der Waals surface area contributed by atoms with Crippen LogP contribution in [-0.4, -0.2) is 44.7 Å². The van der Waals surface area contributed by atoms with Crippen molar-refractivity contribution in [3.05, 3.63) is 28.2 Å². The van der Waals surface area contributed by atoms with E-state index in [1.807, 2.05) is 0 Å². The molecule has 1 aromatic carbocycles. The van der Waals surface area contributed by atoms with E-state index in [9.17, 15) is 0 Å². The van der Waals surface area contributed by atoms with Crippen molar-refractivity contribution in [3.8, 4) is 0 Å². The fourth-order valence-corrected chi connectivity index (χ4v) is 2.72. The average Bonchev–Trinajstić information content (AvgIpc) is 2.38. The van der Waals surface area contributed by atoms with Crippen molar-refractivity contribution in [2.45, 2.75) is 13.5 Å². The van der Waals surface area contributed by atoms with Crippen molar-refractivity contribution in [1.82, 2.24) is 10.2 Å². The molecule has 3 nitrogen and oxygen atoms in total. The number of nitrogens with zero attached hydrogens (tertiary/aromatic N) is 2. The second kappa shape index (κ2) is 6.55. The molecule has 0 radical (unpaired) electrons. The van der Waals surface area contributed by atoms with Gasteiger partial charge in [0.05, 0.1) is 0 Å². The van der Waals surface area contributed by atoms with Gasteiger partial charge in [-0.25, -0.2) is 0 Å². The van der Waals surface area contributed by atoms with Crippen molar-refractivity contribution < 1.29 is 0 Å². The van der Waals surface area contributed by atoms with E-state index in [1.165, 1.54) is 11.3 Å². The summed E-state index contributed by atoms with van der Waals surface area (Å²) in [7, 11) is 2.19. The van der Waals surface area contributed by atoms with E-state index in [0.717, 1.165) is 43.7 Å². The minimum atomic E-state index is 0.942. The maximum Gasteiger partial charge on any atom is 0.0413 e. The van der Waals surface area contributed by atoms with Gasteiger partial charge in [-0.1, -0.05) is 22.9 Å². The molecule has 1 saturated heterocycles. The van der Waals surface area contributed by atoms with Crippen LogP contribution in [0.5, 0.6) is 0 Å². The Morgan fingerprint density at radius 2 is 1.94 bits per heavy atom. The van der Waals surface area contributed by atoms with Crippen molar-refractivity contribution in [2.24, 2.45) is 0 Å². The lowest BCUT2D eigenvalue weighted by Gasteiger charge is -2.35. The average molecular weight is 312 g/mol. The number of hydrogen-bond donors (Lipinski definition) is 1. The Kier molecular flexibility index (Phi) is 5.03. The predicted molar refractivity (Wildman–Crippen MR) is 81.2 cm³/mol. The molecule has 0 saturated carbocycles. The number of piperazine rings is 1. The molecule has 18 heavy (non-hydrogen) atoms. The lowest BCUT2D eigenvalue weighted by molar-refractivity contribution is 0.312. The molecule has 0 bridgehead atoms. The molecule has 2 rings (SSSR count). The maximum absolute atomic E-state index is 3.57.